The number of nitrogens with zero attached hydrogens (tertiary/aromatic N) is 2. The summed E-state index contributed by atoms with van der Waals surface area (Å²) in [6, 6.07) is 6.99. The van der Waals surface area contributed by atoms with E-state index in [9.17, 15) is 4.79 Å². The van der Waals surface area contributed by atoms with Crippen LogP contribution in [0.25, 0.3) is 0 Å². The monoisotopic (exact) mass is 262 g/mol. The summed E-state index contributed by atoms with van der Waals surface area (Å²) in [6.07, 6.45) is 0. The van der Waals surface area contributed by atoms with Gasteiger partial charge in [-0.05, 0) is 31.2 Å². The van der Waals surface area contributed by atoms with Gasteiger partial charge in [0.1, 0.15) is 0 Å². The molecule has 0 aliphatic carbocycles. The molecule has 4 N–H and O–H groups in total. The van der Waals surface area contributed by atoms with Gasteiger partial charge in [-0.3, -0.25) is 9.48 Å². The molecule has 1 amide bonds. The van der Waals surface area contributed by atoms with E-state index >= 15 is 0 Å². The molecule has 5 nitrogen and oxygen atoms in total. The van der Waals surface area contributed by atoms with Crippen molar-refractivity contribution in [3.63, 3.8) is 0 Å². The Kier molecular flexibility index (Phi) is 3.29. The average molecular weight is 262 g/mol. The van der Waals surface area contributed by atoms with E-state index in [-0.39, 0.29) is 0 Å². The molecular weight excluding hydrogens is 248 g/mol. The number of amides is 1. The van der Waals surface area contributed by atoms with Gasteiger partial charge in [0.25, 0.3) is 0 Å². The van der Waals surface area contributed by atoms with Gasteiger partial charge in [-0.25, -0.2) is 0 Å². The fraction of sp³-hybridized carbons (Fsp3) is 0.167. The van der Waals surface area contributed by atoms with Crippen LogP contribution in [0.3, 0.4) is 0 Å². The summed E-state index contributed by atoms with van der Waals surface area (Å²) in [6.45, 7) is 1.92. The first kappa shape index (κ1) is 12.5. The Hall–Kier alpha value is -1.95. The lowest BCUT2D eigenvalue weighted by molar-refractivity contribution is 0.0997. The molecule has 1 aromatic carbocycles. The highest BCUT2D eigenvalue weighted by Crippen LogP contribution is 2.31. The molecule has 0 atom stereocenters. The number of benzene rings is 1. The number of carbonyl (C=O) groups is 1. The highest BCUT2D eigenvalue weighted by atomic mass is 32.2. The van der Waals surface area contributed by atoms with Gasteiger partial charge in [0.15, 0.2) is 0 Å². The zero-order valence-corrected chi connectivity index (χ0v) is 11.0. The Morgan fingerprint density at radius 2 is 2.11 bits per heavy atom. The van der Waals surface area contributed by atoms with Gasteiger partial charge in [0.05, 0.1) is 16.3 Å². The fourth-order valence-electron chi connectivity index (χ4n) is 1.62. The maximum Gasteiger partial charge on any atom is 0.249 e. The highest BCUT2D eigenvalue weighted by molar-refractivity contribution is 7.99. The lowest BCUT2D eigenvalue weighted by atomic mass is 10.2. The summed E-state index contributed by atoms with van der Waals surface area (Å²) in [4.78, 5) is 12.1. The van der Waals surface area contributed by atoms with Gasteiger partial charge < -0.3 is 11.5 Å². The van der Waals surface area contributed by atoms with Gasteiger partial charge >= 0.3 is 0 Å². The molecule has 0 aliphatic rings. The minimum Gasteiger partial charge on any atom is -0.399 e. The highest BCUT2D eigenvalue weighted by Gasteiger charge is 2.12. The predicted molar refractivity (Wildman–Crippen MR) is 71.4 cm³/mol. The third kappa shape index (κ3) is 2.48. The molecule has 0 unspecified atom stereocenters. The Morgan fingerprint density at radius 1 is 1.39 bits per heavy atom. The molecule has 0 saturated heterocycles. The number of aromatic nitrogens is 2. The van der Waals surface area contributed by atoms with Crippen LogP contribution < -0.4 is 11.5 Å². The van der Waals surface area contributed by atoms with Crippen molar-refractivity contribution in [3.05, 3.63) is 35.5 Å². The van der Waals surface area contributed by atoms with Crippen LogP contribution in [-0.2, 0) is 7.05 Å². The number of nitrogen functional groups attached to an aromatic ring is 1. The lowest BCUT2D eigenvalue weighted by Crippen LogP contribution is -2.12. The number of primary amides is 1. The van der Waals surface area contributed by atoms with E-state index in [0.29, 0.717) is 11.3 Å². The van der Waals surface area contributed by atoms with Crippen LogP contribution in [0, 0.1) is 6.92 Å². The molecule has 0 aliphatic heterocycles. The Morgan fingerprint density at radius 3 is 2.67 bits per heavy atom. The van der Waals surface area contributed by atoms with Crippen molar-refractivity contribution in [2.45, 2.75) is 16.8 Å². The van der Waals surface area contributed by atoms with E-state index in [1.807, 2.05) is 20.0 Å². The summed E-state index contributed by atoms with van der Waals surface area (Å²) in [7, 11) is 1.85. The Balaban J connectivity index is 2.42. The van der Waals surface area contributed by atoms with Crippen molar-refractivity contribution in [2.75, 3.05) is 5.73 Å². The Bertz CT molecular complexity index is 606. The lowest BCUT2D eigenvalue weighted by Gasteiger charge is -2.07. The molecule has 0 fully saturated rings. The molecule has 0 saturated carbocycles. The number of hydrogen-bond donors (Lipinski definition) is 2. The average Bonchev–Trinajstić information content (AvgIpc) is 2.57. The smallest absolute Gasteiger partial charge is 0.249 e. The van der Waals surface area contributed by atoms with Gasteiger partial charge in [-0.15, -0.1) is 0 Å². The van der Waals surface area contributed by atoms with Crippen LogP contribution in [0.1, 0.15) is 16.1 Å². The fourth-order valence-corrected chi connectivity index (χ4v) is 2.72. The number of nitrogens with two attached hydrogens (primary N) is 2. The first-order valence-corrected chi connectivity index (χ1v) is 6.17. The van der Waals surface area contributed by atoms with E-state index in [1.165, 1.54) is 11.8 Å². The molecule has 18 heavy (non-hydrogen) atoms. The summed E-state index contributed by atoms with van der Waals surface area (Å²) >= 11 is 1.42. The zero-order valence-electron chi connectivity index (χ0n) is 10.2. The van der Waals surface area contributed by atoms with Crippen molar-refractivity contribution in [3.8, 4) is 0 Å². The van der Waals surface area contributed by atoms with Crippen LogP contribution in [-0.4, -0.2) is 15.7 Å². The molecule has 0 bridgehead atoms. The molecule has 6 heteroatoms. The topological polar surface area (TPSA) is 86.9 Å². The predicted octanol–water partition coefficient (Wildman–Crippen LogP) is 1.56. The second kappa shape index (κ2) is 4.73. The number of anilines is 1. The van der Waals surface area contributed by atoms with Crippen LogP contribution in [0.4, 0.5) is 5.69 Å². The maximum atomic E-state index is 11.4. The van der Waals surface area contributed by atoms with Crippen molar-refractivity contribution in [1.82, 2.24) is 9.78 Å². The summed E-state index contributed by atoms with van der Waals surface area (Å²) in [5.74, 6) is -0.462. The number of aryl methyl sites for hydroxylation is 2. The van der Waals surface area contributed by atoms with Crippen molar-refractivity contribution < 1.29 is 4.79 Å². The van der Waals surface area contributed by atoms with Gasteiger partial charge in [-0.2, -0.15) is 5.10 Å². The van der Waals surface area contributed by atoms with Gasteiger partial charge in [-0.1, -0.05) is 11.8 Å². The maximum absolute atomic E-state index is 11.4. The number of rotatable bonds is 3. The van der Waals surface area contributed by atoms with Gasteiger partial charge in [0, 0.05) is 17.6 Å². The summed E-state index contributed by atoms with van der Waals surface area (Å²) in [5, 5.41) is 5.18. The van der Waals surface area contributed by atoms with E-state index in [4.69, 9.17) is 11.5 Å². The standard InChI is InChI=1S/C12H14N4OS/c1-7-5-11(16(2)15-7)18-10-6-8(13)3-4-9(10)12(14)17/h3-6H,13H2,1-2H3,(H2,14,17). The minimum absolute atomic E-state index is 0.462. The Labute approximate surface area is 109 Å². The first-order chi connectivity index (χ1) is 8.47. The molecule has 0 spiro atoms. The second-order valence-corrected chi connectivity index (χ2v) is 5.03. The quantitative estimate of drug-likeness (QED) is 0.822. The van der Waals surface area contributed by atoms with Crippen molar-refractivity contribution in [2.24, 2.45) is 12.8 Å². The molecule has 1 aromatic heterocycles. The third-order valence-corrected chi connectivity index (χ3v) is 3.59. The molecule has 1 heterocycles. The largest absolute Gasteiger partial charge is 0.399 e. The minimum atomic E-state index is -0.462. The van der Waals surface area contributed by atoms with Crippen LogP contribution in [0.2, 0.25) is 0 Å². The zero-order chi connectivity index (χ0) is 13.3. The van der Waals surface area contributed by atoms with E-state index in [1.54, 1.807) is 22.9 Å². The van der Waals surface area contributed by atoms with E-state index < -0.39 is 5.91 Å². The van der Waals surface area contributed by atoms with Crippen LogP contribution in [0.15, 0.2) is 34.2 Å². The molecule has 2 aromatic rings. The van der Waals surface area contributed by atoms with Crippen LogP contribution in [0.5, 0.6) is 0 Å². The normalized spacial score (nSPS) is 10.6. The molecule has 94 valence electrons. The summed E-state index contributed by atoms with van der Waals surface area (Å²) < 4.78 is 1.76. The molecular formula is C12H14N4OS. The van der Waals surface area contributed by atoms with Crippen LogP contribution >= 0.6 is 11.8 Å². The van der Waals surface area contributed by atoms with Crippen molar-refractivity contribution >= 4 is 23.4 Å². The molecule has 2 rings (SSSR count). The SMILES string of the molecule is Cc1cc(Sc2cc(N)ccc2C(N)=O)n(C)n1. The van der Waals surface area contributed by atoms with E-state index in [0.717, 1.165) is 15.6 Å². The van der Waals surface area contributed by atoms with Gasteiger partial charge in [0.2, 0.25) is 5.91 Å². The van der Waals surface area contributed by atoms with E-state index in [2.05, 4.69) is 5.10 Å². The number of carbonyl (C=O) groups excluding carboxylic acids is 1. The number of hydrogen-bond acceptors (Lipinski definition) is 4. The summed E-state index contributed by atoms with van der Waals surface area (Å²) in [5.41, 5.74) is 13.1. The third-order valence-electron chi connectivity index (χ3n) is 2.44. The molecule has 0 radical (unpaired) electrons. The van der Waals surface area contributed by atoms with Crippen molar-refractivity contribution in [1.29, 1.82) is 0 Å². The second-order valence-electron chi connectivity index (χ2n) is 3.97. The first-order valence-electron chi connectivity index (χ1n) is 5.35.